The van der Waals surface area contributed by atoms with Gasteiger partial charge in [0.1, 0.15) is 0 Å². The Morgan fingerprint density at radius 2 is 2.05 bits per heavy atom. The Kier molecular flexibility index (Phi) is 3.54. The normalized spacial score (nSPS) is 14.6. The van der Waals surface area contributed by atoms with Crippen LogP contribution < -0.4 is 5.32 Å². The number of pyridine rings is 1. The van der Waals surface area contributed by atoms with Gasteiger partial charge in [0.05, 0.1) is 0 Å². The maximum absolute atomic E-state index is 6.18. The van der Waals surface area contributed by atoms with Crippen LogP contribution in [0.25, 0.3) is 11.1 Å². The van der Waals surface area contributed by atoms with Gasteiger partial charge in [-0.3, -0.25) is 4.98 Å². The van der Waals surface area contributed by atoms with Crippen molar-refractivity contribution in [3.8, 4) is 11.1 Å². The Labute approximate surface area is 118 Å². The number of nitrogens with one attached hydrogen (secondary N) is 1. The van der Waals surface area contributed by atoms with E-state index in [4.69, 9.17) is 11.6 Å². The molecule has 1 aromatic heterocycles. The Morgan fingerprint density at radius 1 is 1.21 bits per heavy atom. The van der Waals surface area contributed by atoms with Crippen LogP contribution in [0.15, 0.2) is 36.7 Å². The van der Waals surface area contributed by atoms with Crippen molar-refractivity contribution in [3.05, 3.63) is 52.8 Å². The number of nitrogens with zero attached hydrogens (tertiary/aromatic N) is 1. The van der Waals surface area contributed by atoms with Crippen LogP contribution in [0.3, 0.4) is 0 Å². The molecule has 0 bridgehead atoms. The zero-order chi connectivity index (χ0) is 13.2. The zero-order valence-electron chi connectivity index (χ0n) is 11.0. The van der Waals surface area contributed by atoms with E-state index in [1.165, 1.54) is 18.4 Å². The number of hydrogen-bond acceptors (Lipinski definition) is 2. The molecular formula is C16H17ClN2. The summed E-state index contributed by atoms with van der Waals surface area (Å²) in [5.74, 6) is 0. The average molecular weight is 273 g/mol. The van der Waals surface area contributed by atoms with E-state index in [9.17, 15) is 0 Å². The molecule has 3 rings (SSSR count). The van der Waals surface area contributed by atoms with Gasteiger partial charge in [-0.25, -0.2) is 0 Å². The summed E-state index contributed by atoms with van der Waals surface area (Å²) < 4.78 is 0. The minimum atomic E-state index is 0.720. The first-order valence-corrected chi connectivity index (χ1v) is 7.04. The van der Waals surface area contributed by atoms with E-state index in [1.807, 2.05) is 31.5 Å². The molecule has 0 spiro atoms. The predicted octanol–water partition coefficient (Wildman–Crippen LogP) is 3.96. The van der Waals surface area contributed by atoms with Gasteiger partial charge in [-0.2, -0.15) is 0 Å². The van der Waals surface area contributed by atoms with E-state index in [2.05, 4.69) is 22.4 Å². The molecule has 0 amide bonds. The first-order valence-electron chi connectivity index (χ1n) is 6.66. The lowest BCUT2D eigenvalue weighted by Gasteiger charge is -2.07. The van der Waals surface area contributed by atoms with Gasteiger partial charge in [0.2, 0.25) is 0 Å². The predicted molar refractivity (Wildman–Crippen MR) is 79.3 cm³/mol. The summed E-state index contributed by atoms with van der Waals surface area (Å²) in [4.78, 5) is 4.33. The van der Waals surface area contributed by atoms with E-state index in [1.54, 1.807) is 0 Å². The second-order valence-electron chi connectivity index (χ2n) is 5.20. The monoisotopic (exact) mass is 272 g/mol. The van der Waals surface area contributed by atoms with Crippen molar-refractivity contribution in [3.63, 3.8) is 0 Å². The van der Waals surface area contributed by atoms with Gasteiger partial charge < -0.3 is 5.32 Å². The van der Waals surface area contributed by atoms with Crippen LogP contribution in [0.5, 0.6) is 0 Å². The molecule has 0 atom stereocenters. The number of benzene rings is 1. The summed E-state index contributed by atoms with van der Waals surface area (Å²) in [7, 11) is 0. The lowest BCUT2D eigenvalue weighted by atomic mass is 10.0. The van der Waals surface area contributed by atoms with E-state index in [-0.39, 0.29) is 0 Å². The van der Waals surface area contributed by atoms with Crippen LogP contribution in [0.1, 0.15) is 24.0 Å². The van der Waals surface area contributed by atoms with Crippen LogP contribution in [0, 0.1) is 6.92 Å². The smallest absolute Gasteiger partial charge is 0.0441 e. The zero-order valence-corrected chi connectivity index (χ0v) is 11.7. The molecule has 1 aliphatic carbocycles. The van der Waals surface area contributed by atoms with Crippen LogP contribution in [0.2, 0.25) is 5.02 Å². The van der Waals surface area contributed by atoms with E-state index < -0.39 is 0 Å². The molecule has 0 radical (unpaired) electrons. The molecular weight excluding hydrogens is 256 g/mol. The Bertz CT molecular complexity index is 591. The summed E-state index contributed by atoms with van der Waals surface area (Å²) in [5, 5.41) is 4.31. The third-order valence-corrected chi connectivity index (χ3v) is 3.88. The van der Waals surface area contributed by atoms with Gasteiger partial charge in [-0.1, -0.05) is 23.7 Å². The molecule has 3 heteroatoms. The highest BCUT2D eigenvalue weighted by molar-refractivity contribution is 6.31. The fraction of sp³-hybridized carbons (Fsp3) is 0.312. The fourth-order valence-corrected chi connectivity index (χ4v) is 2.24. The SMILES string of the molecule is Cc1ccc(-c2cncc(CNC3CC3)c2)cc1Cl. The minimum Gasteiger partial charge on any atom is -0.310 e. The Hall–Kier alpha value is -1.38. The second kappa shape index (κ2) is 5.32. The molecule has 1 aliphatic rings. The standard InChI is InChI=1S/C16H17ClN2/c1-11-2-3-13(7-16(11)17)14-6-12(8-18-10-14)9-19-15-4-5-15/h2-3,6-8,10,15,19H,4-5,9H2,1H3. The minimum absolute atomic E-state index is 0.720. The quantitative estimate of drug-likeness (QED) is 0.911. The summed E-state index contributed by atoms with van der Waals surface area (Å²) in [5.41, 5.74) is 4.57. The van der Waals surface area contributed by atoms with Crippen LogP contribution >= 0.6 is 11.6 Å². The molecule has 0 aliphatic heterocycles. The van der Waals surface area contributed by atoms with Gasteiger partial charge in [0.25, 0.3) is 0 Å². The number of rotatable bonds is 4. The van der Waals surface area contributed by atoms with Crippen LogP contribution in [-0.4, -0.2) is 11.0 Å². The van der Waals surface area contributed by atoms with Crippen molar-refractivity contribution in [2.45, 2.75) is 32.4 Å². The topological polar surface area (TPSA) is 24.9 Å². The van der Waals surface area contributed by atoms with Crippen molar-refractivity contribution in [1.29, 1.82) is 0 Å². The third-order valence-electron chi connectivity index (χ3n) is 3.47. The van der Waals surface area contributed by atoms with Crippen molar-refractivity contribution in [1.82, 2.24) is 10.3 Å². The van der Waals surface area contributed by atoms with Crippen molar-refractivity contribution in [2.75, 3.05) is 0 Å². The molecule has 19 heavy (non-hydrogen) atoms. The third kappa shape index (κ3) is 3.14. The van der Waals surface area contributed by atoms with Crippen molar-refractivity contribution >= 4 is 11.6 Å². The molecule has 1 aromatic carbocycles. The van der Waals surface area contributed by atoms with Gasteiger partial charge in [0, 0.05) is 35.6 Å². The van der Waals surface area contributed by atoms with Crippen molar-refractivity contribution < 1.29 is 0 Å². The number of aryl methyl sites for hydroxylation is 1. The molecule has 0 unspecified atom stereocenters. The maximum Gasteiger partial charge on any atom is 0.0441 e. The molecule has 1 heterocycles. The van der Waals surface area contributed by atoms with Gasteiger partial charge in [0.15, 0.2) is 0 Å². The molecule has 1 saturated carbocycles. The van der Waals surface area contributed by atoms with Gasteiger partial charge >= 0.3 is 0 Å². The van der Waals surface area contributed by atoms with E-state index in [0.717, 1.165) is 34.3 Å². The molecule has 98 valence electrons. The highest BCUT2D eigenvalue weighted by Gasteiger charge is 2.19. The number of halogens is 1. The Balaban J connectivity index is 1.82. The van der Waals surface area contributed by atoms with Gasteiger partial charge in [-0.05, 0) is 48.6 Å². The van der Waals surface area contributed by atoms with Crippen LogP contribution in [-0.2, 0) is 6.54 Å². The largest absolute Gasteiger partial charge is 0.310 e. The van der Waals surface area contributed by atoms with E-state index in [0.29, 0.717) is 0 Å². The molecule has 0 saturated heterocycles. The van der Waals surface area contributed by atoms with Crippen molar-refractivity contribution in [2.24, 2.45) is 0 Å². The van der Waals surface area contributed by atoms with E-state index >= 15 is 0 Å². The second-order valence-corrected chi connectivity index (χ2v) is 5.61. The molecule has 1 fully saturated rings. The highest BCUT2D eigenvalue weighted by atomic mass is 35.5. The van der Waals surface area contributed by atoms with Gasteiger partial charge in [-0.15, -0.1) is 0 Å². The average Bonchev–Trinajstić information content (AvgIpc) is 3.24. The first-order chi connectivity index (χ1) is 9.22. The maximum atomic E-state index is 6.18. The summed E-state index contributed by atoms with van der Waals surface area (Å²) >= 11 is 6.18. The molecule has 2 nitrogen and oxygen atoms in total. The first kappa shape index (κ1) is 12.6. The molecule has 2 aromatic rings. The highest BCUT2D eigenvalue weighted by Crippen LogP contribution is 2.25. The summed E-state index contributed by atoms with van der Waals surface area (Å²) in [6, 6.07) is 9.05. The van der Waals surface area contributed by atoms with Crippen LogP contribution in [0.4, 0.5) is 0 Å². The number of aromatic nitrogens is 1. The molecule has 1 N–H and O–H groups in total. The number of hydrogen-bond donors (Lipinski definition) is 1. The lowest BCUT2D eigenvalue weighted by molar-refractivity contribution is 0.686. The summed E-state index contributed by atoms with van der Waals surface area (Å²) in [6.07, 6.45) is 6.43. The lowest BCUT2D eigenvalue weighted by Crippen LogP contribution is -2.15. The fourth-order valence-electron chi connectivity index (χ4n) is 2.06. The Morgan fingerprint density at radius 3 is 2.79 bits per heavy atom. The summed E-state index contributed by atoms with van der Waals surface area (Å²) in [6.45, 7) is 2.91.